The van der Waals surface area contributed by atoms with Gasteiger partial charge in [0.2, 0.25) is 0 Å². The van der Waals surface area contributed by atoms with Gasteiger partial charge in [-0.25, -0.2) is 4.98 Å². The molecule has 3 nitrogen and oxygen atoms in total. The molecule has 0 N–H and O–H groups in total. The minimum Gasteiger partial charge on any atom is -0.347 e. The lowest BCUT2D eigenvalue weighted by Crippen LogP contribution is -2.20. The van der Waals surface area contributed by atoms with Gasteiger partial charge in [0.15, 0.2) is 11.4 Å². The molecule has 2 fully saturated rings. The number of hydrogen-bond acceptors (Lipinski definition) is 4. The summed E-state index contributed by atoms with van der Waals surface area (Å²) in [6, 6.07) is 10.0. The zero-order valence-corrected chi connectivity index (χ0v) is 12.7. The Labute approximate surface area is 128 Å². The Morgan fingerprint density at radius 2 is 1.86 bits per heavy atom. The molecule has 1 aliphatic heterocycles. The van der Waals surface area contributed by atoms with Gasteiger partial charge in [0.1, 0.15) is 0 Å². The Morgan fingerprint density at radius 3 is 2.52 bits per heavy atom. The van der Waals surface area contributed by atoms with Crippen LogP contribution in [0.1, 0.15) is 28.9 Å². The summed E-state index contributed by atoms with van der Waals surface area (Å²) in [4.78, 5) is 19.3. The van der Waals surface area contributed by atoms with Crippen LogP contribution in [0.5, 0.6) is 0 Å². The number of rotatable bonds is 3. The Morgan fingerprint density at radius 1 is 1.14 bits per heavy atom. The Hall–Kier alpha value is -1.68. The Bertz CT molecular complexity index is 640. The van der Waals surface area contributed by atoms with Gasteiger partial charge in [0.25, 0.3) is 0 Å². The van der Waals surface area contributed by atoms with Crippen LogP contribution in [0.4, 0.5) is 5.13 Å². The lowest BCUT2D eigenvalue weighted by molar-refractivity contribution is 0.112. The number of anilines is 1. The summed E-state index contributed by atoms with van der Waals surface area (Å²) in [6.07, 6.45) is 5.05. The maximum atomic E-state index is 11.4. The monoisotopic (exact) mass is 298 g/mol. The van der Waals surface area contributed by atoms with E-state index in [4.69, 9.17) is 4.98 Å². The van der Waals surface area contributed by atoms with Gasteiger partial charge in [-0.2, -0.15) is 0 Å². The number of nitrogens with zero attached hydrogens (tertiary/aromatic N) is 2. The van der Waals surface area contributed by atoms with Gasteiger partial charge in [-0.15, -0.1) is 0 Å². The van der Waals surface area contributed by atoms with E-state index in [1.807, 2.05) is 30.3 Å². The number of fused-ring (bicyclic) bond motifs is 1. The molecule has 1 saturated heterocycles. The number of carbonyl (C=O) groups is 1. The van der Waals surface area contributed by atoms with Gasteiger partial charge in [-0.05, 0) is 24.7 Å². The zero-order chi connectivity index (χ0) is 14.2. The highest BCUT2D eigenvalue weighted by Gasteiger charge is 2.37. The van der Waals surface area contributed by atoms with Gasteiger partial charge >= 0.3 is 0 Å². The number of benzene rings is 1. The Kier molecular flexibility index (Phi) is 3.26. The lowest BCUT2D eigenvalue weighted by atomic mass is 10.0. The predicted molar refractivity (Wildman–Crippen MR) is 86.0 cm³/mol. The summed E-state index contributed by atoms with van der Waals surface area (Å²) < 4.78 is 0. The third-order valence-corrected chi connectivity index (χ3v) is 5.83. The first-order valence-corrected chi connectivity index (χ1v) is 8.43. The van der Waals surface area contributed by atoms with Crippen LogP contribution in [-0.4, -0.2) is 24.4 Å². The van der Waals surface area contributed by atoms with Gasteiger partial charge in [-0.1, -0.05) is 48.1 Å². The van der Waals surface area contributed by atoms with E-state index < -0.39 is 0 Å². The van der Waals surface area contributed by atoms with E-state index in [0.29, 0.717) is 0 Å². The van der Waals surface area contributed by atoms with E-state index in [2.05, 4.69) is 4.90 Å². The fraction of sp³-hybridized carbons (Fsp3) is 0.412. The molecule has 1 saturated carbocycles. The number of carbonyl (C=O) groups excluding carboxylic acids is 1. The van der Waals surface area contributed by atoms with Crippen molar-refractivity contribution in [3.8, 4) is 11.3 Å². The number of hydrogen-bond donors (Lipinski definition) is 0. The third-order valence-electron chi connectivity index (χ3n) is 4.79. The minimum absolute atomic E-state index is 0.744. The molecule has 108 valence electrons. The van der Waals surface area contributed by atoms with E-state index in [0.717, 1.165) is 52.5 Å². The van der Waals surface area contributed by atoms with Crippen molar-refractivity contribution in [1.29, 1.82) is 0 Å². The van der Waals surface area contributed by atoms with Gasteiger partial charge in [0.05, 0.1) is 10.6 Å². The smallest absolute Gasteiger partial charge is 0.186 e. The Balaban J connectivity index is 1.65. The van der Waals surface area contributed by atoms with Crippen molar-refractivity contribution < 1.29 is 4.79 Å². The second-order valence-corrected chi connectivity index (χ2v) is 7.06. The molecule has 0 amide bonds. The maximum absolute atomic E-state index is 11.4. The molecule has 1 aromatic heterocycles. The second kappa shape index (κ2) is 5.26. The zero-order valence-electron chi connectivity index (χ0n) is 11.9. The van der Waals surface area contributed by atoms with Crippen LogP contribution in [0.15, 0.2) is 30.3 Å². The highest BCUT2D eigenvalue weighted by Crippen LogP contribution is 2.41. The van der Waals surface area contributed by atoms with E-state index in [1.54, 1.807) is 0 Å². The van der Waals surface area contributed by atoms with Crippen LogP contribution >= 0.6 is 11.3 Å². The first-order chi connectivity index (χ1) is 10.3. The van der Waals surface area contributed by atoms with Crippen LogP contribution in [0.3, 0.4) is 0 Å². The molecule has 2 atom stereocenters. The number of thiazole rings is 1. The van der Waals surface area contributed by atoms with Crippen LogP contribution in [0.25, 0.3) is 11.3 Å². The minimum atomic E-state index is 0.744. The highest BCUT2D eigenvalue weighted by molar-refractivity contribution is 7.17. The average Bonchev–Trinajstić information content (AvgIpc) is 3.21. The SMILES string of the molecule is O=Cc1sc(N2CC3CCCC3C2)nc1-c1ccccc1. The van der Waals surface area contributed by atoms with Gasteiger partial charge < -0.3 is 4.90 Å². The van der Waals surface area contributed by atoms with Crippen molar-refractivity contribution in [3.63, 3.8) is 0 Å². The summed E-state index contributed by atoms with van der Waals surface area (Å²) in [5.41, 5.74) is 1.86. The summed E-state index contributed by atoms with van der Waals surface area (Å²) in [5.74, 6) is 1.68. The molecule has 0 bridgehead atoms. The van der Waals surface area contributed by atoms with Crippen LogP contribution in [0, 0.1) is 11.8 Å². The van der Waals surface area contributed by atoms with Crippen LogP contribution in [0.2, 0.25) is 0 Å². The molecular weight excluding hydrogens is 280 g/mol. The van der Waals surface area contributed by atoms with Gasteiger partial charge in [0, 0.05) is 18.7 Å². The second-order valence-electron chi connectivity index (χ2n) is 6.05. The highest BCUT2D eigenvalue weighted by atomic mass is 32.1. The van der Waals surface area contributed by atoms with E-state index in [1.165, 1.54) is 30.6 Å². The van der Waals surface area contributed by atoms with Crippen molar-refractivity contribution in [2.24, 2.45) is 11.8 Å². The molecule has 2 aromatic rings. The normalized spacial score (nSPS) is 24.3. The van der Waals surface area contributed by atoms with E-state index in [-0.39, 0.29) is 0 Å². The fourth-order valence-corrected chi connectivity index (χ4v) is 4.65. The number of aldehydes is 1. The topological polar surface area (TPSA) is 33.2 Å². The molecule has 1 aliphatic carbocycles. The molecule has 2 aliphatic rings. The summed E-state index contributed by atoms with van der Waals surface area (Å²) in [5, 5.41) is 1.02. The average molecular weight is 298 g/mol. The van der Waals surface area contributed by atoms with E-state index in [9.17, 15) is 4.79 Å². The molecule has 21 heavy (non-hydrogen) atoms. The molecule has 1 aromatic carbocycles. The maximum Gasteiger partial charge on any atom is 0.186 e. The molecule has 0 radical (unpaired) electrons. The first kappa shape index (κ1) is 13.0. The molecule has 2 heterocycles. The molecule has 4 heteroatoms. The standard InChI is InChI=1S/C17H18N2OS/c20-11-15-16(12-5-2-1-3-6-12)18-17(21-15)19-9-13-7-4-8-14(13)10-19/h1-3,5-6,11,13-14H,4,7-10H2. The van der Waals surface area contributed by atoms with Crippen molar-refractivity contribution in [3.05, 3.63) is 35.2 Å². The van der Waals surface area contributed by atoms with Crippen molar-refractivity contribution in [2.75, 3.05) is 18.0 Å². The predicted octanol–water partition coefficient (Wildman–Crippen LogP) is 3.86. The quantitative estimate of drug-likeness (QED) is 0.807. The van der Waals surface area contributed by atoms with Crippen LogP contribution < -0.4 is 4.90 Å². The van der Waals surface area contributed by atoms with Crippen LogP contribution in [-0.2, 0) is 0 Å². The molecule has 4 rings (SSSR count). The van der Waals surface area contributed by atoms with Crippen molar-refractivity contribution in [1.82, 2.24) is 4.98 Å². The summed E-state index contributed by atoms with van der Waals surface area (Å²) in [7, 11) is 0. The largest absolute Gasteiger partial charge is 0.347 e. The summed E-state index contributed by atoms with van der Waals surface area (Å²) in [6.45, 7) is 2.23. The molecule has 2 unspecified atom stereocenters. The van der Waals surface area contributed by atoms with E-state index >= 15 is 0 Å². The fourth-order valence-electron chi connectivity index (χ4n) is 3.73. The molecular formula is C17H18N2OS. The molecule has 0 spiro atoms. The van der Waals surface area contributed by atoms with Crippen molar-refractivity contribution >= 4 is 22.8 Å². The lowest BCUT2D eigenvalue weighted by Gasteiger charge is -2.15. The third kappa shape index (κ3) is 2.27. The number of aromatic nitrogens is 1. The van der Waals surface area contributed by atoms with Gasteiger partial charge in [-0.3, -0.25) is 4.79 Å². The first-order valence-electron chi connectivity index (χ1n) is 7.61. The van der Waals surface area contributed by atoms with Crippen molar-refractivity contribution in [2.45, 2.75) is 19.3 Å². The summed E-state index contributed by atoms with van der Waals surface area (Å²) >= 11 is 1.54.